The van der Waals surface area contributed by atoms with Crippen LogP contribution in [0.4, 0.5) is 13.2 Å². The molecule has 15 heavy (non-hydrogen) atoms. The number of alkyl halides is 3. The Balaban J connectivity index is 2.03. The summed E-state index contributed by atoms with van der Waals surface area (Å²) in [6, 6.07) is 9.01. The topological polar surface area (TPSA) is 20.2 Å². The first-order valence-corrected chi connectivity index (χ1v) is 4.80. The molecule has 0 heterocycles. The lowest BCUT2D eigenvalue weighted by Gasteiger charge is -2.14. The van der Waals surface area contributed by atoms with E-state index in [2.05, 4.69) is 0 Å². The Morgan fingerprint density at radius 3 is 2.33 bits per heavy atom. The van der Waals surface area contributed by atoms with Crippen molar-refractivity contribution in [1.29, 1.82) is 0 Å². The van der Waals surface area contributed by atoms with Crippen LogP contribution < -0.4 is 0 Å². The summed E-state index contributed by atoms with van der Waals surface area (Å²) in [5.41, 5.74) is 0.880. The molecule has 1 fully saturated rings. The summed E-state index contributed by atoms with van der Waals surface area (Å²) >= 11 is 0. The van der Waals surface area contributed by atoms with Gasteiger partial charge >= 0.3 is 6.18 Å². The van der Waals surface area contributed by atoms with E-state index in [-0.39, 0.29) is 5.92 Å². The lowest BCUT2D eigenvalue weighted by molar-refractivity contribution is -0.210. The zero-order valence-corrected chi connectivity index (χ0v) is 7.91. The monoisotopic (exact) mass is 216 g/mol. The Labute approximate surface area is 85.5 Å². The summed E-state index contributed by atoms with van der Waals surface area (Å²) < 4.78 is 36.5. The maximum atomic E-state index is 12.2. The van der Waals surface area contributed by atoms with Crippen molar-refractivity contribution in [1.82, 2.24) is 0 Å². The van der Waals surface area contributed by atoms with Gasteiger partial charge in [-0.25, -0.2) is 0 Å². The third-order valence-corrected chi connectivity index (χ3v) is 2.81. The molecule has 3 atom stereocenters. The maximum Gasteiger partial charge on any atom is 0.414 e. The second-order valence-corrected chi connectivity index (χ2v) is 3.90. The number of hydrogen-bond donors (Lipinski definition) is 1. The molecule has 2 rings (SSSR count). The molecule has 0 aliphatic heterocycles. The Morgan fingerprint density at radius 2 is 1.80 bits per heavy atom. The molecule has 1 aliphatic rings. The summed E-state index contributed by atoms with van der Waals surface area (Å²) in [5, 5.41) is 9.03. The second kappa shape index (κ2) is 3.52. The van der Waals surface area contributed by atoms with Crippen molar-refractivity contribution in [2.24, 2.45) is 5.92 Å². The summed E-state index contributed by atoms with van der Waals surface area (Å²) in [6.45, 7) is 0. The number of aliphatic hydroxyl groups excluding tert-OH is 1. The smallest absolute Gasteiger partial charge is 0.383 e. The summed E-state index contributed by atoms with van der Waals surface area (Å²) in [6.07, 6.45) is -6.25. The van der Waals surface area contributed by atoms with Gasteiger partial charge in [-0.15, -0.1) is 0 Å². The van der Waals surface area contributed by atoms with Crippen LogP contribution >= 0.6 is 0 Å². The molecule has 1 saturated carbocycles. The van der Waals surface area contributed by atoms with Crippen molar-refractivity contribution >= 4 is 0 Å². The molecule has 82 valence electrons. The van der Waals surface area contributed by atoms with Gasteiger partial charge in [-0.05, 0) is 17.9 Å². The zero-order chi connectivity index (χ0) is 11.1. The summed E-state index contributed by atoms with van der Waals surface area (Å²) in [5.74, 6) is -0.796. The fraction of sp³-hybridized carbons (Fsp3) is 0.455. The Kier molecular flexibility index (Phi) is 2.46. The molecule has 1 N–H and O–H groups in total. The van der Waals surface area contributed by atoms with Gasteiger partial charge in [0.1, 0.15) is 0 Å². The molecule has 1 aromatic carbocycles. The van der Waals surface area contributed by atoms with Gasteiger partial charge in [0.15, 0.2) is 6.10 Å². The van der Waals surface area contributed by atoms with E-state index in [0.717, 1.165) is 5.56 Å². The van der Waals surface area contributed by atoms with E-state index in [1.54, 1.807) is 24.3 Å². The van der Waals surface area contributed by atoms with E-state index in [1.807, 2.05) is 6.07 Å². The minimum absolute atomic E-state index is 0.136. The van der Waals surface area contributed by atoms with Crippen molar-refractivity contribution in [3.63, 3.8) is 0 Å². The van der Waals surface area contributed by atoms with Gasteiger partial charge in [0.25, 0.3) is 0 Å². The first-order chi connectivity index (χ1) is 7.00. The fourth-order valence-electron chi connectivity index (χ4n) is 1.89. The Morgan fingerprint density at radius 1 is 1.20 bits per heavy atom. The van der Waals surface area contributed by atoms with Gasteiger partial charge in [0.2, 0.25) is 0 Å². The lowest BCUT2D eigenvalue weighted by atomic mass is 10.1. The molecule has 0 radical (unpaired) electrons. The highest BCUT2D eigenvalue weighted by atomic mass is 19.4. The SMILES string of the molecule is O[C@@H]([C@@H]1C[C@H]1c1ccccc1)C(F)(F)F. The fourth-order valence-corrected chi connectivity index (χ4v) is 1.89. The molecular formula is C11H11F3O. The number of benzene rings is 1. The second-order valence-electron chi connectivity index (χ2n) is 3.90. The van der Waals surface area contributed by atoms with E-state index in [0.29, 0.717) is 6.42 Å². The van der Waals surface area contributed by atoms with E-state index >= 15 is 0 Å². The predicted octanol–water partition coefficient (Wildman–Crippen LogP) is 2.71. The molecule has 0 unspecified atom stereocenters. The van der Waals surface area contributed by atoms with Gasteiger partial charge in [0.05, 0.1) is 0 Å². The molecule has 1 aromatic rings. The molecule has 0 saturated heterocycles. The van der Waals surface area contributed by atoms with Crippen molar-refractivity contribution < 1.29 is 18.3 Å². The van der Waals surface area contributed by atoms with Gasteiger partial charge in [-0.3, -0.25) is 0 Å². The summed E-state index contributed by atoms with van der Waals surface area (Å²) in [4.78, 5) is 0. The number of hydrogen-bond acceptors (Lipinski definition) is 1. The van der Waals surface area contributed by atoms with Crippen molar-refractivity contribution in [2.75, 3.05) is 0 Å². The van der Waals surface area contributed by atoms with Gasteiger partial charge < -0.3 is 5.11 Å². The van der Waals surface area contributed by atoms with Crippen LogP contribution in [-0.4, -0.2) is 17.4 Å². The number of halogens is 3. The molecule has 0 amide bonds. The van der Waals surface area contributed by atoms with E-state index in [4.69, 9.17) is 5.11 Å². The summed E-state index contributed by atoms with van der Waals surface area (Å²) in [7, 11) is 0. The lowest BCUT2D eigenvalue weighted by Crippen LogP contribution is -2.30. The number of aliphatic hydroxyl groups is 1. The van der Waals surface area contributed by atoms with E-state index in [9.17, 15) is 13.2 Å². The van der Waals surface area contributed by atoms with Crippen LogP contribution in [0.1, 0.15) is 17.9 Å². The molecule has 0 bridgehead atoms. The average molecular weight is 216 g/mol. The third kappa shape index (κ3) is 2.15. The molecule has 4 heteroatoms. The van der Waals surface area contributed by atoms with Crippen LogP contribution in [-0.2, 0) is 0 Å². The van der Waals surface area contributed by atoms with Crippen LogP contribution in [0.2, 0.25) is 0 Å². The average Bonchev–Trinajstić information content (AvgIpc) is 2.96. The van der Waals surface area contributed by atoms with Crippen LogP contribution in [0.3, 0.4) is 0 Å². The molecular weight excluding hydrogens is 205 g/mol. The quantitative estimate of drug-likeness (QED) is 0.805. The zero-order valence-electron chi connectivity index (χ0n) is 7.91. The Bertz CT molecular complexity index is 333. The first kappa shape index (κ1) is 10.5. The third-order valence-electron chi connectivity index (χ3n) is 2.81. The highest BCUT2D eigenvalue weighted by Gasteiger charge is 2.54. The minimum atomic E-state index is -4.49. The van der Waals surface area contributed by atoms with Crippen molar-refractivity contribution in [3.05, 3.63) is 35.9 Å². The van der Waals surface area contributed by atoms with E-state index in [1.165, 1.54) is 0 Å². The molecule has 1 aliphatic carbocycles. The highest BCUT2D eigenvalue weighted by Crippen LogP contribution is 2.52. The van der Waals surface area contributed by atoms with Gasteiger partial charge in [-0.2, -0.15) is 13.2 Å². The van der Waals surface area contributed by atoms with Crippen LogP contribution in [0.25, 0.3) is 0 Å². The molecule has 0 aromatic heterocycles. The van der Waals surface area contributed by atoms with Crippen LogP contribution in [0.5, 0.6) is 0 Å². The molecule has 0 spiro atoms. The largest absolute Gasteiger partial charge is 0.414 e. The van der Waals surface area contributed by atoms with Crippen molar-refractivity contribution in [2.45, 2.75) is 24.6 Å². The Hall–Kier alpha value is -1.03. The highest BCUT2D eigenvalue weighted by molar-refractivity contribution is 5.26. The van der Waals surface area contributed by atoms with Crippen LogP contribution in [0.15, 0.2) is 30.3 Å². The standard InChI is InChI=1S/C11H11F3O/c12-11(13,14)10(15)9-6-8(9)7-4-2-1-3-5-7/h1-5,8-10,15H,6H2/t8-,9+,10-/m0/s1. The molecule has 1 nitrogen and oxygen atoms in total. The number of rotatable bonds is 2. The van der Waals surface area contributed by atoms with Crippen LogP contribution in [0, 0.1) is 5.92 Å². The normalized spacial score (nSPS) is 27.5. The van der Waals surface area contributed by atoms with Gasteiger partial charge in [0, 0.05) is 5.92 Å². The predicted molar refractivity (Wildman–Crippen MR) is 49.4 cm³/mol. The maximum absolute atomic E-state index is 12.2. The van der Waals surface area contributed by atoms with Crippen molar-refractivity contribution in [3.8, 4) is 0 Å². The first-order valence-electron chi connectivity index (χ1n) is 4.80. The van der Waals surface area contributed by atoms with E-state index < -0.39 is 18.2 Å². The minimum Gasteiger partial charge on any atom is -0.383 e. The van der Waals surface area contributed by atoms with Gasteiger partial charge in [-0.1, -0.05) is 30.3 Å².